The summed E-state index contributed by atoms with van der Waals surface area (Å²) >= 11 is 16.7. The van der Waals surface area contributed by atoms with E-state index in [2.05, 4.69) is 0 Å². The Bertz CT molecular complexity index is 301. The molecule has 72 valence electrons. The Balaban J connectivity index is 3.05. The molecule has 13 heavy (non-hydrogen) atoms. The molecule has 0 radical (unpaired) electrons. The van der Waals surface area contributed by atoms with Crippen LogP contribution in [0.25, 0.3) is 0 Å². The van der Waals surface area contributed by atoms with Gasteiger partial charge in [-0.25, -0.2) is 8.78 Å². The van der Waals surface area contributed by atoms with Gasteiger partial charge >= 0.3 is 0 Å². The van der Waals surface area contributed by atoms with Crippen molar-refractivity contribution < 1.29 is 8.78 Å². The van der Waals surface area contributed by atoms with Crippen molar-refractivity contribution in [3.8, 4) is 0 Å². The molecule has 0 saturated heterocycles. The predicted octanol–water partition coefficient (Wildman–Crippen LogP) is 4.54. The van der Waals surface area contributed by atoms with Crippen LogP contribution < -0.4 is 0 Å². The molecule has 0 N–H and O–H groups in total. The first-order valence-electron chi connectivity index (χ1n) is 3.39. The van der Waals surface area contributed by atoms with E-state index in [0.717, 1.165) is 0 Å². The quantitative estimate of drug-likeness (QED) is 0.671. The Labute approximate surface area is 89.4 Å². The molecule has 0 nitrogen and oxygen atoms in total. The Hall–Kier alpha value is -0.0500. The number of hydrogen-bond acceptors (Lipinski definition) is 0. The largest absolute Gasteiger partial charge is 0.258 e. The van der Waals surface area contributed by atoms with Gasteiger partial charge in [-0.05, 0) is 23.8 Å². The molecule has 1 atom stereocenters. The minimum Gasteiger partial charge on any atom is -0.208 e. The second kappa shape index (κ2) is 4.45. The van der Waals surface area contributed by atoms with Gasteiger partial charge in [0, 0.05) is 10.0 Å². The summed E-state index contributed by atoms with van der Waals surface area (Å²) in [4.78, 5) is 0. The average Bonchev–Trinajstić information content (AvgIpc) is 2.08. The molecular weight excluding hydrogens is 240 g/mol. The van der Waals surface area contributed by atoms with Crippen molar-refractivity contribution in [2.75, 3.05) is 0 Å². The van der Waals surface area contributed by atoms with Crippen molar-refractivity contribution >= 4 is 34.8 Å². The molecule has 0 spiro atoms. The van der Waals surface area contributed by atoms with Crippen LogP contribution in [0.1, 0.15) is 10.9 Å². The fourth-order valence-corrected chi connectivity index (χ4v) is 1.51. The second-order valence-corrected chi connectivity index (χ2v) is 3.72. The first kappa shape index (κ1) is 11.0. The zero-order valence-electron chi connectivity index (χ0n) is 6.28. The van der Waals surface area contributed by atoms with E-state index < -0.39 is 11.8 Å². The lowest BCUT2D eigenvalue weighted by molar-refractivity contribution is 0.143. The second-order valence-electron chi connectivity index (χ2n) is 2.40. The van der Waals surface area contributed by atoms with E-state index in [0.29, 0.717) is 5.02 Å². The van der Waals surface area contributed by atoms with Crippen LogP contribution in [0.4, 0.5) is 8.78 Å². The monoisotopic (exact) mass is 244 g/mol. The molecule has 0 aliphatic rings. The maximum absolute atomic E-state index is 12.2. The van der Waals surface area contributed by atoms with Crippen LogP contribution in [-0.4, -0.2) is 6.43 Å². The molecule has 1 rings (SSSR count). The summed E-state index contributed by atoms with van der Waals surface area (Å²) in [5.74, 6) is 0. The summed E-state index contributed by atoms with van der Waals surface area (Å²) in [5, 5.41) is -0.874. The molecule has 0 aliphatic heterocycles. The summed E-state index contributed by atoms with van der Waals surface area (Å²) in [7, 11) is 0. The molecule has 1 aromatic rings. The van der Waals surface area contributed by atoms with Crippen molar-refractivity contribution in [3.05, 3.63) is 33.8 Å². The molecule has 1 unspecified atom stereocenters. The molecule has 5 heteroatoms. The predicted molar refractivity (Wildman–Crippen MR) is 51.1 cm³/mol. The van der Waals surface area contributed by atoms with E-state index in [-0.39, 0.29) is 10.6 Å². The smallest absolute Gasteiger partial charge is 0.208 e. The lowest BCUT2D eigenvalue weighted by Gasteiger charge is -2.10. The van der Waals surface area contributed by atoms with Gasteiger partial charge in [0.1, 0.15) is 5.38 Å². The van der Waals surface area contributed by atoms with Crippen LogP contribution >= 0.6 is 34.8 Å². The summed E-state index contributed by atoms with van der Waals surface area (Å²) in [5.41, 5.74) is 0.158. The van der Waals surface area contributed by atoms with Crippen LogP contribution in [0.5, 0.6) is 0 Å². The highest BCUT2D eigenvalue weighted by Crippen LogP contribution is 2.34. The van der Waals surface area contributed by atoms with Gasteiger partial charge < -0.3 is 0 Å². The van der Waals surface area contributed by atoms with Crippen molar-refractivity contribution in [2.45, 2.75) is 11.8 Å². The Kier molecular flexibility index (Phi) is 3.77. The number of alkyl halides is 3. The third kappa shape index (κ3) is 2.70. The normalized spacial score (nSPS) is 13.4. The van der Waals surface area contributed by atoms with Gasteiger partial charge in [0.15, 0.2) is 0 Å². The number of halogens is 5. The van der Waals surface area contributed by atoms with Gasteiger partial charge in [-0.15, -0.1) is 11.6 Å². The van der Waals surface area contributed by atoms with Crippen molar-refractivity contribution in [3.63, 3.8) is 0 Å². The molecular formula is C8H5Cl3F2. The average molecular weight is 245 g/mol. The van der Waals surface area contributed by atoms with Crippen molar-refractivity contribution in [2.24, 2.45) is 0 Å². The van der Waals surface area contributed by atoms with Gasteiger partial charge in [-0.3, -0.25) is 0 Å². The standard InChI is InChI=1S/C8H5Cl3F2/c9-4-1-2-6(10)5(3-4)7(11)8(12)13/h1-3,7-8H. The van der Waals surface area contributed by atoms with Gasteiger partial charge in [-0.2, -0.15) is 0 Å². The van der Waals surface area contributed by atoms with E-state index in [1.54, 1.807) is 0 Å². The van der Waals surface area contributed by atoms with Crippen molar-refractivity contribution in [1.29, 1.82) is 0 Å². The molecule has 0 amide bonds. The minimum atomic E-state index is -2.65. The van der Waals surface area contributed by atoms with Crippen LogP contribution in [0, 0.1) is 0 Å². The zero-order chi connectivity index (χ0) is 10.0. The molecule has 0 aliphatic carbocycles. The zero-order valence-corrected chi connectivity index (χ0v) is 8.54. The lowest BCUT2D eigenvalue weighted by atomic mass is 10.1. The first-order valence-corrected chi connectivity index (χ1v) is 4.59. The topological polar surface area (TPSA) is 0 Å². The van der Waals surface area contributed by atoms with Gasteiger partial charge in [0.2, 0.25) is 0 Å². The number of benzene rings is 1. The molecule has 0 aromatic heterocycles. The van der Waals surface area contributed by atoms with Crippen LogP contribution in [0.2, 0.25) is 10.0 Å². The van der Waals surface area contributed by atoms with Gasteiger partial charge in [0.25, 0.3) is 6.43 Å². The minimum absolute atomic E-state index is 0.158. The third-order valence-electron chi connectivity index (χ3n) is 1.48. The van der Waals surface area contributed by atoms with E-state index in [9.17, 15) is 8.78 Å². The lowest BCUT2D eigenvalue weighted by Crippen LogP contribution is -2.02. The molecule has 0 fully saturated rings. The molecule has 0 heterocycles. The first-order chi connectivity index (χ1) is 6.02. The van der Waals surface area contributed by atoms with Crippen LogP contribution in [0.3, 0.4) is 0 Å². The summed E-state index contributed by atoms with van der Waals surface area (Å²) in [6.45, 7) is 0. The highest BCUT2D eigenvalue weighted by molar-refractivity contribution is 6.34. The third-order valence-corrected chi connectivity index (χ3v) is 2.48. The highest BCUT2D eigenvalue weighted by Gasteiger charge is 2.21. The fraction of sp³-hybridized carbons (Fsp3) is 0.250. The molecule has 0 bridgehead atoms. The van der Waals surface area contributed by atoms with Gasteiger partial charge in [0.05, 0.1) is 0 Å². The highest BCUT2D eigenvalue weighted by atomic mass is 35.5. The fourth-order valence-electron chi connectivity index (χ4n) is 0.862. The number of rotatable bonds is 2. The van der Waals surface area contributed by atoms with E-state index in [1.807, 2.05) is 0 Å². The maximum Gasteiger partial charge on any atom is 0.258 e. The Morgan fingerprint density at radius 3 is 2.31 bits per heavy atom. The molecule has 0 saturated carbocycles. The van der Waals surface area contributed by atoms with E-state index in [4.69, 9.17) is 34.8 Å². The summed E-state index contributed by atoms with van der Waals surface area (Å²) in [6.07, 6.45) is -2.65. The van der Waals surface area contributed by atoms with E-state index >= 15 is 0 Å². The van der Waals surface area contributed by atoms with E-state index in [1.165, 1.54) is 18.2 Å². The van der Waals surface area contributed by atoms with Crippen LogP contribution in [-0.2, 0) is 0 Å². The summed E-state index contributed by atoms with van der Waals surface area (Å²) < 4.78 is 24.4. The van der Waals surface area contributed by atoms with Gasteiger partial charge in [-0.1, -0.05) is 23.2 Å². The SMILES string of the molecule is FC(F)C(Cl)c1cc(Cl)ccc1Cl. The van der Waals surface area contributed by atoms with Crippen molar-refractivity contribution in [1.82, 2.24) is 0 Å². The van der Waals surface area contributed by atoms with Crippen LogP contribution in [0.15, 0.2) is 18.2 Å². The summed E-state index contributed by atoms with van der Waals surface area (Å²) in [6, 6.07) is 4.30. The Morgan fingerprint density at radius 1 is 1.15 bits per heavy atom. The Morgan fingerprint density at radius 2 is 1.77 bits per heavy atom. The number of hydrogen-bond donors (Lipinski definition) is 0. The molecule has 1 aromatic carbocycles. The maximum atomic E-state index is 12.2.